The molecule has 1 fully saturated rings. The first-order valence-electron chi connectivity index (χ1n) is 6.42. The molecule has 1 aliphatic heterocycles. The van der Waals surface area contributed by atoms with Gasteiger partial charge >= 0.3 is 0 Å². The van der Waals surface area contributed by atoms with Gasteiger partial charge in [-0.3, -0.25) is 4.79 Å². The Labute approximate surface area is 109 Å². The Morgan fingerprint density at radius 2 is 1.88 bits per heavy atom. The third-order valence-corrected chi connectivity index (χ3v) is 4.32. The van der Waals surface area contributed by atoms with E-state index >= 15 is 0 Å². The third-order valence-electron chi connectivity index (χ3n) is 2.92. The molecule has 2 atom stereocenters. The van der Waals surface area contributed by atoms with E-state index in [1.807, 2.05) is 18.7 Å². The first-order chi connectivity index (χ1) is 7.78. The van der Waals surface area contributed by atoms with Crippen LogP contribution in [0.4, 0.5) is 0 Å². The summed E-state index contributed by atoms with van der Waals surface area (Å²) < 4.78 is 0. The van der Waals surface area contributed by atoms with Crippen LogP contribution in [0.5, 0.6) is 0 Å². The van der Waals surface area contributed by atoms with Crippen molar-refractivity contribution in [2.75, 3.05) is 24.6 Å². The lowest BCUT2D eigenvalue weighted by molar-refractivity contribution is -0.130. The van der Waals surface area contributed by atoms with Crippen LogP contribution in [0, 0.1) is 11.8 Å². The fourth-order valence-electron chi connectivity index (χ4n) is 2.36. The van der Waals surface area contributed by atoms with Crippen molar-refractivity contribution in [2.45, 2.75) is 39.7 Å². The molecule has 3 nitrogen and oxygen atoms in total. The van der Waals surface area contributed by atoms with Gasteiger partial charge in [0.15, 0.2) is 0 Å². The second-order valence-corrected chi connectivity index (χ2v) is 7.21. The van der Waals surface area contributed by atoms with Crippen molar-refractivity contribution in [3.63, 3.8) is 0 Å². The zero-order valence-corrected chi connectivity index (χ0v) is 12.3. The molecule has 0 aromatic heterocycles. The highest BCUT2D eigenvalue weighted by atomic mass is 32.2. The maximum atomic E-state index is 12.0. The Bertz CT molecular complexity index is 253. The molecular weight excluding hydrogens is 232 g/mol. The Balaban J connectivity index is 2.32. The van der Waals surface area contributed by atoms with Crippen LogP contribution in [-0.4, -0.2) is 40.9 Å². The lowest BCUT2D eigenvalue weighted by Crippen LogP contribution is -2.43. The van der Waals surface area contributed by atoms with Crippen molar-refractivity contribution in [1.29, 1.82) is 0 Å². The number of rotatable bonds is 4. The van der Waals surface area contributed by atoms with Crippen LogP contribution in [0.15, 0.2) is 0 Å². The molecule has 17 heavy (non-hydrogen) atoms. The standard InChI is InChI=1S/C13H26N2OS/c1-10-5-11(2)7-15(6-10)12(16)8-17-9-13(3,4)14/h10-11H,5-9,14H2,1-4H3. The molecule has 0 aromatic rings. The summed E-state index contributed by atoms with van der Waals surface area (Å²) in [4.78, 5) is 14.1. The van der Waals surface area contributed by atoms with Gasteiger partial charge in [-0.05, 0) is 32.1 Å². The summed E-state index contributed by atoms with van der Waals surface area (Å²) in [5.41, 5.74) is 5.71. The molecule has 2 N–H and O–H groups in total. The number of piperidine rings is 1. The molecule has 1 heterocycles. The van der Waals surface area contributed by atoms with Crippen LogP contribution in [0.2, 0.25) is 0 Å². The number of amides is 1. The summed E-state index contributed by atoms with van der Waals surface area (Å²) in [6, 6.07) is 0. The van der Waals surface area contributed by atoms with E-state index in [1.54, 1.807) is 11.8 Å². The topological polar surface area (TPSA) is 46.3 Å². The Hall–Kier alpha value is -0.220. The van der Waals surface area contributed by atoms with Gasteiger partial charge in [-0.25, -0.2) is 0 Å². The lowest BCUT2D eigenvalue weighted by Gasteiger charge is -2.35. The zero-order chi connectivity index (χ0) is 13.1. The minimum absolute atomic E-state index is 0.187. The average Bonchev–Trinajstić information content (AvgIpc) is 2.13. The molecule has 1 rings (SSSR count). The minimum Gasteiger partial charge on any atom is -0.341 e. The molecular formula is C13H26N2OS. The van der Waals surface area contributed by atoms with Crippen LogP contribution < -0.4 is 5.73 Å². The van der Waals surface area contributed by atoms with E-state index in [0.717, 1.165) is 18.8 Å². The SMILES string of the molecule is CC1CC(C)CN(C(=O)CSCC(C)(C)N)C1. The maximum absolute atomic E-state index is 12.0. The number of likely N-dealkylation sites (tertiary alicyclic amines) is 1. The number of carbonyl (C=O) groups is 1. The second kappa shape index (κ2) is 6.10. The van der Waals surface area contributed by atoms with Crippen molar-refractivity contribution in [3.8, 4) is 0 Å². The number of carbonyl (C=O) groups excluding carboxylic acids is 1. The van der Waals surface area contributed by atoms with Gasteiger partial charge in [-0.1, -0.05) is 13.8 Å². The minimum atomic E-state index is -0.187. The number of hydrogen-bond acceptors (Lipinski definition) is 3. The normalized spacial score (nSPS) is 26.1. The summed E-state index contributed by atoms with van der Waals surface area (Å²) in [7, 11) is 0. The number of nitrogens with two attached hydrogens (primary N) is 1. The van der Waals surface area contributed by atoms with E-state index in [-0.39, 0.29) is 11.4 Å². The molecule has 0 aromatic carbocycles. The predicted octanol–water partition coefficient (Wildman–Crippen LogP) is 1.96. The average molecular weight is 258 g/mol. The molecule has 1 aliphatic rings. The predicted molar refractivity (Wildman–Crippen MR) is 75.1 cm³/mol. The Morgan fingerprint density at radius 3 is 2.35 bits per heavy atom. The highest BCUT2D eigenvalue weighted by Gasteiger charge is 2.25. The summed E-state index contributed by atoms with van der Waals surface area (Å²) in [6.45, 7) is 10.3. The van der Waals surface area contributed by atoms with E-state index in [2.05, 4.69) is 13.8 Å². The van der Waals surface area contributed by atoms with E-state index in [4.69, 9.17) is 5.73 Å². The van der Waals surface area contributed by atoms with Crippen LogP contribution in [0.3, 0.4) is 0 Å². The molecule has 1 amide bonds. The van der Waals surface area contributed by atoms with E-state index in [0.29, 0.717) is 17.6 Å². The van der Waals surface area contributed by atoms with Gasteiger partial charge in [0, 0.05) is 24.4 Å². The monoisotopic (exact) mass is 258 g/mol. The Kier molecular flexibility index (Phi) is 5.32. The van der Waals surface area contributed by atoms with Gasteiger partial charge in [0.2, 0.25) is 5.91 Å². The summed E-state index contributed by atoms with van der Waals surface area (Å²) in [6.07, 6.45) is 1.24. The highest BCUT2D eigenvalue weighted by Crippen LogP contribution is 2.22. The zero-order valence-electron chi connectivity index (χ0n) is 11.5. The van der Waals surface area contributed by atoms with Crippen LogP contribution in [0.1, 0.15) is 34.1 Å². The first-order valence-corrected chi connectivity index (χ1v) is 7.58. The summed E-state index contributed by atoms with van der Waals surface area (Å²) in [5, 5.41) is 0. The van der Waals surface area contributed by atoms with Gasteiger partial charge in [0.1, 0.15) is 0 Å². The van der Waals surface area contributed by atoms with E-state index < -0.39 is 0 Å². The fraction of sp³-hybridized carbons (Fsp3) is 0.923. The van der Waals surface area contributed by atoms with Crippen LogP contribution >= 0.6 is 11.8 Å². The number of nitrogens with zero attached hydrogens (tertiary/aromatic N) is 1. The fourth-order valence-corrected chi connectivity index (χ4v) is 3.34. The molecule has 2 unspecified atom stereocenters. The molecule has 0 bridgehead atoms. The van der Waals surface area contributed by atoms with Crippen molar-refractivity contribution in [3.05, 3.63) is 0 Å². The molecule has 0 spiro atoms. The molecule has 0 aliphatic carbocycles. The quantitative estimate of drug-likeness (QED) is 0.838. The molecule has 0 radical (unpaired) electrons. The van der Waals surface area contributed by atoms with Crippen molar-refractivity contribution in [1.82, 2.24) is 4.90 Å². The van der Waals surface area contributed by atoms with E-state index in [1.165, 1.54) is 6.42 Å². The van der Waals surface area contributed by atoms with Crippen molar-refractivity contribution >= 4 is 17.7 Å². The van der Waals surface area contributed by atoms with Crippen LogP contribution in [-0.2, 0) is 4.79 Å². The summed E-state index contributed by atoms with van der Waals surface area (Å²) >= 11 is 1.65. The molecule has 100 valence electrons. The van der Waals surface area contributed by atoms with Gasteiger partial charge in [-0.2, -0.15) is 11.8 Å². The van der Waals surface area contributed by atoms with Crippen LogP contribution in [0.25, 0.3) is 0 Å². The molecule has 1 saturated heterocycles. The third kappa shape index (κ3) is 5.77. The van der Waals surface area contributed by atoms with Gasteiger partial charge in [0.25, 0.3) is 0 Å². The number of thioether (sulfide) groups is 1. The molecule has 4 heteroatoms. The van der Waals surface area contributed by atoms with Gasteiger partial charge < -0.3 is 10.6 Å². The summed E-state index contributed by atoms with van der Waals surface area (Å²) in [5.74, 6) is 2.95. The van der Waals surface area contributed by atoms with Crippen molar-refractivity contribution < 1.29 is 4.79 Å². The lowest BCUT2D eigenvalue weighted by atomic mass is 9.92. The Morgan fingerprint density at radius 1 is 1.35 bits per heavy atom. The largest absolute Gasteiger partial charge is 0.341 e. The second-order valence-electron chi connectivity index (χ2n) is 6.23. The van der Waals surface area contributed by atoms with Gasteiger partial charge in [-0.15, -0.1) is 0 Å². The molecule has 0 saturated carbocycles. The smallest absolute Gasteiger partial charge is 0.232 e. The highest BCUT2D eigenvalue weighted by molar-refractivity contribution is 8.00. The first kappa shape index (κ1) is 14.8. The van der Waals surface area contributed by atoms with Gasteiger partial charge in [0.05, 0.1) is 5.75 Å². The number of hydrogen-bond donors (Lipinski definition) is 1. The van der Waals surface area contributed by atoms with E-state index in [9.17, 15) is 4.79 Å². The van der Waals surface area contributed by atoms with Crippen molar-refractivity contribution in [2.24, 2.45) is 17.6 Å². The maximum Gasteiger partial charge on any atom is 0.232 e.